The van der Waals surface area contributed by atoms with Gasteiger partial charge in [-0.3, -0.25) is 4.99 Å². The van der Waals surface area contributed by atoms with Crippen molar-refractivity contribution in [2.45, 2.75) is 26.3 Å². The van der Waals surface area contributed by atoms with E-state index in [0.717, 1.165) is 45.2 Å². The predicted molar refractivity (Wildman–Crippen MR) is 109 cm³/mol. The molecule has 148 valence electrons. The highest BCUT2D eigenvalue weighted by molar-refractivity contribution is 5.79. The van der Waals surface area contributed by atoms with E-state index in [0.29, 0.717) is 19.8 Å². The van der Waals surface area contributed by atoms with Crippen LogP contribution in [0.25, 0.3) is 0 Å². The van der Waals surface area contributed by atoms with Gasteiger partial charge in [-0.1, -0.05) is 43.7 Å². The van der Waals surface area contributed by atoms with Crippen LogP contribution in [-0.4, -0.2) is 71.0 Å². The highest BCUT2D eigenvalue weighted by Gasteiger charge is 2.01. The third kappa shape index (κ3) is 11.8. The molecule has 0 fully saturated rings. The van der Waals surface area contributed by atoms with E-state index in [-0.39, 0.29) is 0 Å². The quantitative estimate of drug-likeness (QED) is 0.301. The standard InChI is InChI=1S/C20H36N4O2/c1-4-5-14-25-16-17-26-15-12-23-20(21-2)22-11-13-24(3)18-19-9-7-6-8-10-19/h6-10H,4-5,11-18H2,1-3H3,(H2,21,22,23). The minimum atomic E-state index is 0.641. The molecule has 2 N–H and O–H groups in total. The molecule has 0 aliphatic heterocycles. The number of nitrogens with one attached hydrogen (secondary N) is 2. The van der Waals surface area contributed by atoms with Gasteiger partial charge in [0, 0.05) is 39.8 Å². The van der Waals surface area contributed by atoms with Gasteiger partial charge in [0.2, 0.25) is 0 Å². The van der Waals surface area contributed by atoms with Gasteiger partial charge in [0.05, 0.1) is 19.8 Å². The molecule has 0 aromatic heterocycles. The summed E-state index contributed by atoms with van der Waals surface area (Å²) in [6, 6.07) is 10.5. The zero-order valence-corrected chi connectivity index (χ0v) is 16.7. The Morgan fingerprint density at radius 3 is 2.38 bits per heavy atom. The summed E-state index contributed by atoms with van der Waals surface area (Å²) in [7, 11) is 3.91. The van der Waals surface area contributed by atoms with Crippen molar-refractivity contribution >= 4 is 5.96 Å². The summed E-state index contributed by atoms with van der Waals surface area (Å²) >= 11 is 0. The molecular weight excluding hydrogens is 328 g/mol. The Labute approximate surface area is 159 Å². The first-order valence-electron chi connectivity index (χ1n) is 9.58. The number of guanidine groups is 1. The van der Waals surface area contributed by atoms with Crippen LogP contribution in [-0.2, 0) is 16.0 Å². The maximum atomic E-state index is 5.54. The van der Waals surface area contributed by atoms with Gasteiger partial charge in [-0.25, -0.2) is 0 Å². The molecule has 1 aromatic rings. The molecular formula is C20H36N4O2. The Balaban J connectivity index is 2.01. The van der Waals surface area contributed by atoms with E-state index < -0.39 is 0 Å². The second-order valence-corrected chi connectivity index (χ2v) is 6.23. The predicted octanol–water partition coefficient (Wildman–Crippen LogP) is 2.12. The van der Waals surface area contributed by atoms with Crippen molar-refractivity contribution in [3.8, 4) is 0 Å². The van der Waals surface area contributed by atoms with E-state index in [4.69, 9.17) is 9.47 Å². The van der Waals surface area contributed by atoms with Crippen LogP contribution in [0.3, 0.4) is 0 Å². The van der Waals surface area contributed by atoms with E-state index in [9.17, 15) is 0 Å². The summed E-state index contributed by atoms with van der Waals surface area (Å²) < 4.78 is 11.0. The first-order valence-corrected chi connectivity index (χ1v) is 9.58. The van der Waals surface area contributed by atoms with Gasteiger partial charge in [-0.2, -0.15) is 0 Å². The second kappa shape index (κ2) is 15.6. The molecule has 0 atom stereocenters. The van der Waals surface area contributed by atoms with Crippen LogP contribution >= 0.6 is 0 Å². The molecule has 0 aliphatic rings. The zero-order chi connectivity index (χ0) is 18.9. The van der Waals surface area contributed by atoms with E-state index in [1.54, 1.807) is 7.05 Å². The molecule has 0 saturated carbocycles. The molecule has 6 nitrogen and oxygen atoms in total. The average Bonchev–Trinajstić information content (AvgIpc) is 2.66. The molecule has 0 unspecified atom stereocenters. The number of unbranched alkanes of at least 4 members (excludes halogenated alkanes) is 1. The number of hydrogen-bond acceptors (Lipinski definition) is 4. The largest absolute Gasteiger partial charge is 0.379 e. The lowest BCUT2D eigenvalue weighted by Gasteiger charge is -2.18. The average molecular weight is 365 g/mol. The first kappa shape index (κ1) is 22.4. The summed E-state index contributed by atoms with van der Waals surface area (Å²) in [6.07, 6.45) is 2.28. The normalized spacial score (nSPS) is 11.8. The molecule has 0 radical (unpaired) electrons. The van der Waals surface area contributed by atoms with Gasteiger partial charge in [0.1, 0.15) is 0 Å². The third-order valence-corrected chi connectivity index (χ3v) is 3.86. The smallest absolute Gasteiger partial charge is 0.191 e. The summed E-state index contributed by atoms with van der Waals surface area (Å²) in [5.74, 6) is 0.806. The number of nitrogens with zero attached hydrogens (tertiary/aromatic N) is 2. The van der Waals surface area contributed by atoms with Gasteiger partial charge in [-0.15, -0.1) is 0 Å². The Morgan fingerprint density at radius 1 is 1.00 bits per heavy atom. The van der Waals surface area contributed by atoms with Crippen LogP contribution in [0, 0.1) is 0 Å². The minimum Gasteiger partial charge on any atom is -0.379 e. The number of ether oxygens (including phenoxy) is 2. The maximum absolute atomic E-state index is 5.54. The molecule has 0 saturated heterocycles. The summed E-state index contributed by atoms with van der Waals surface area (Å²) in [6.45, 7) is 8.41. The monoisotopic (exact) mass is 364 g/mol. The molecule has 26 heavy (non-hydrogen) atoms. The van der Waals surface area contributed by atoms with Crippen molar-refractivity contribution in [2.24, 2.45) is 4.99 Å². The minimum absolute atomic E-state index is 0.641. The molecule has 0 spiro atoms. The molecule has 1 aromatic carbocycles. The Kier molecular flexibility index (Phi) is 13.5. The lowest BCUT2D eigenvalue weighted by atomic mass is 10.2. The van der Waals surface area contributed by atoms with E-state index in [1.165, 1.54) is 12.0 Å². The van der Waals surface area contributed by atoms with Crippen LogP contribution in [0.1, 0.15) is 25.3 Å². The lowest BCUT2D eigenvalue weighted by Crippen LogP contribution is -2.42. The first-order chi connectivity index (χ1) is 12.8. The number of aliphatic imine (C=N–C) groups is 1. The van der Waals surface area contributed by atoms with E-state index in [2.05, 4.69) is 58.8 Å². The van der Waals surface area contributed by atoms with Crippen LogP contribution < -0.4 is 10.6 Å². The van der Waals surface area contributed by atoms with Crippen molar-refractivity contribution in [1.29, 1.82) is 0 Å². The summed E-state index contributed by atoms with van der Waals surface area (Å²) in [5, 5.41) is 6.59. The highest BCUT2D eigenvalue weighted by Crippen LogP contribution is 2.01. The number of benzene rings is 1. The molecule has 0 amide bonds. The number of rotatable bonds is 14. The highest BCUT2D eigenvalue weighted by atomic mass is 16.5. The molecule has 6 heteroatoms. The number of likely N-dealkylation sites (N-methyl/N-ethyl adjacent to an activating group) is 1. The third-order valence-electron chi connectivity index (χ3n) is 3.86. The number of hydrogen-bond donors (Lipinski definition) is 2. The SMILES string of the molecule is CCCCOCCOCCNC(=NC)NCCN(C)Cc1ccccc1. The van der Waals surface area contributed by atoms with E-state index in [1.807, 2.05) is 6.07 Å². The van der Waals surface area contributed by atoms with Crippen molar-refractivity contribution in [1.82, 2.24) is 15.5 Å². The summed E-state index contributed by atoms with van der Waals surface area (Å²) in [5.41, 5.74) is 1.33. The van der Waals surface area contributed by atoms with Crippen LogP contribution in [0.2, 0.25) is 0 Å². The fourth-order valence-electron chi connectivity index (χ4n) is 2.37. The maximum Gasteiger partial charge on any atom is 0.191 e. The van der Waals surface area contributed by atoms with Crippen molar-refractivity contribution in [2.75, 3.05) is 60.2 Å². The molecule has 1 rings (SSSR count). The van der Waals surface area contributed by atoms with Crippen molar-refractivity contribution in [3.63, 3.8) is 0 Å². The van der Waals surface area contributed by atoms with Gasteiger partial charge in [0.15, 0.2) is 5.96 Å². The molecule has 0 aliphatic carbocycles. The van der Waals surface area contributed by atoms with Gasteiger partial charge in [-0.05, 0) is 19.0 Å². The second-order valence-electron chi connectivity index (χ2n) is 6.23. The summed E-state index contributed by atoms with van der Waals surface area (Å²) in [4.78, 5) is 6.52. The van der Waals surface area contributed by atoms with Gasteiger partial charge >= 0.3 is 0 Å². The van der Waals surface area contributed by atoms with Crippen LogP contribution in [0.15, 0.2) is 35.3 Å². The zero-order valence-electron chi connectivity index (χ0n) is 16.7. The fraction of sp³-hybridized carbons (Fsp3) is 0.650. The topological polar surface area (TPSA) is 58.1 Å². The van der Waals surface area contributed by atoms with Gasteiger partial charge in [0.25, 0.3) is 0 Å². The Hall–Kier alpha value is -1.63. The van der Waals surface area contributed by atoms with Crippen LogP contribution in [0.4, 0.5) is 0 Å². The molecule has 0 heterocycles. The van der Waals surface area contributed by atoms with Crippen LogP contribution in [0.5, 0.6) is 0 Å². The molecule has 0 bridgehead atoms. The lowest BCUT2D eigenvalue weighted by molar-refractivity contribution is 0.0487. The van der Waals surface area contributed by atoms with Crippen molar-refractivity contribution in [3.05, 3.63) is 35.9 Å². The Bertz CT molecular complexity index is 468. The van der Waals surface area contributed by atoms with Gasteiger partial charge < -0.3 is 25.0 Å². The van der Waals surface area contributed by atoms with E-state index >= 15 is 0 Å². The Morgan fingerprint density at radius 2 is 1.69 bits per heavy atom. The fourth-order valence-corrected chi connectivity index (χ4v) is 2.37. The van der Waals surface area contributed by atoms with Crippen molar-refractivity contribution < 1.29 is 9.47 Å².